The molecule has 0 aromatic heterocycles. The van der Waals surface area contributed by atoms with Crippen molar-refractivity contribution in [2.45, 2.75) is 72.6 Å². The van der Waals surface area contributed by atoms with Gasteiger partial charge in [-0.2, -0.15) is 4.31 Å². The van der Waals surface area contributed by atoms with E-state index in [-0.39, 0.29) is 12.0 Å². The Morgan fingerprint density at radius 1 is 1.24 bits per heavy atom. The topological polar surface area (TPSA) is 113 Å². The van der Waals surface area contributed by atoms with Gasteiger partial charge < -0.3 is 14.7 Å². The summed E-state index contributed by atoms with van der Waals surface area (Å²) in [5, 5.41) is 0. The summed E-state index contributed by atoms with van der Waals surface area (Å²) < 4.78 is 30.6. The molecule has 0 radical (unpaired) electrons. The molecule has 2 aliphatic rings. The van der Waals surface area contributed by atoms with Crippen molar-refractivity contribution in [2.24, 2.45) is 22.7 Å². The fourth-order valence-electron chi connectivity index (χ4n) is 5.71. The summed E-state index contributed by atoms with van der Waals surface area (Å²) in [4.78, 5) is 26.6. The molecule has 2 aliphatic carbocycles. The van der Waals surface area contributed by atoms with E-state index in [4.69, 9.17) is 9.79 Å². The average Bonchev–Trinajstić information content (AvgIpc) is 2.50. The molecule has 2 fully saturated rings. The molecule has 29 heavy (non-hydrogen) atoms. The van der Waals surface area contributed by atoms with E-state index in [2.05, 4.69) is 36.2 Å². The Morgan fingerprint density at radius 2 is 1.90 bits per heavy atom. The number of phosphoric acid groups is 2. The molecule has 0 aliphatic heterocycles. The molecule has 7 nitrogen and oxygen atoms in total. The van der Waals surface area contributed by atoms with Crippen molar-refractivity contribution in [2.75, 3.05) is 6.61 Å². The van der Waals surface area contributed by atoms with Crippen LogP contribution >= 0.6 is 15.6 Å². The standard InChI is InChI=1S/C20H36O7P2/c1-15(11-14-26-29(24,25)27-28(21,22)23)7-9-17-16(2)8-10-18-19(3,4)12-6-13-20(17,18)5/h11,17-18H,2,6-10,12-14H2,1,3-5H3,(H,24,25)(H2,21,22,23)/b15-11+/t17-,18-,20+/m1/s1. The van der Waals surface area contributed by atoms with Crippen LogP contribution in [0.4, 0.5) is 0 Å². The molecule has 0 amide bonds. The van der Waals surface area contributed by atoms with Crippen LogP contribution in [0.2, 0.25) is 0 Å². The molecule has 4 atom stereocenters. The molecule has 3 N–H and O–H groups in total. The highest BCUT2D eigenvalue weighted by molar-refractivity contribution is 7.60. The highest BCUT2D eigenvalue weighted by Gasteiger charge is 2.52. The van der Waals surface area contributed by atoms with Crippen LogP contribution in [0.5, 0.6) is 0 Å². The summed E-state index contributed by atoms with van der Waals surface area (Å²) in [6.07, 6.45) is 9.48. The molecule has 168 valence electrons. The van der Waals surface area contributed by atoms with Gasteiger partial charge in [0.1, 0.15) is 0 Å². The van der Waals surface area contributed by atoms with Crippen LogP contribution in [0.15, 0.2) is 23.8 Å². The minimum atomic E-state index is -5.09. The third kappa shape index (κ3) is 6.61. The minimum absolute atomic E-state index is 0.252. The van der Waals surface area contributed by atoms with Gasteiger partial charge in [0.25, 0.3) is 0 Å². The monoisotopic (exact) mass is 450 g/mol. The largest absolute Gasteiger partial charge is 0.481 e. The summed E-state index contributed by atoms with van der Waals surface area (Å²) in [5.41, 5.74) is 2.94. The summed E-state index contributed by atoms with van der Waals surface area (Å²) >= 11 is 0. The Balaban J connectivity index is 1.97. The fourth-order valence-corrected chi connectivity index (χ4v) is 7.24. The first kappa shape index (κ1) is 25.0. The van der Waals surface area contributed by atoms with Crippen molar-refractivity contribution in [3.63, 3.8) is 0 Å². The predicted octanol–water partition coefficient (Wildman–Crippen LogP) is 5.74. The highest BCUT2D eigenvalue weighted by Crippen LogP contribution is 2.62. The van der Waals surface area contributed by atoms with Crippen LogP contribution in [0.1, 0.15) is 72.6 Å². The van der Waals surface area contributed by atoms with Crippen LogP contribution in [0, 0.1) is 22.7 Å². The normalized spacial score (nSPS) is 32.5. The van der Waals surface area contributed by atoms with Gasteiger partial charge in [-0.05, 0) is 68.1 Å². The number of hydrogen-bond acceptors (Lipinski definition) is 4. The third-order valence-corrected chi connectivity index (χ3v) is 9.18. The number of rotatable bonds is 8. The van der Waals surface area contributed by atoms with Crippen molar-refractivity contribution in [3.05, 3.63) is 23.8 Å². The lowest BCUT2D eigenvalue weighted by molar-refractivity contribution is -0.0539. The lowest BCUT2D eigenvalue weighted by atomic mass is 9.47. The minimum Gasteiger partial charge on any atom is -0.302 e. The fraction of sp³-hybridized carbons (Fsp3) is 0.800. The molecule has 0 aromatic carbocycles. The van der Waals surface area contributed by atoms with Gasteiger partial charge in [-0.25, -0.2) is 9.13 Å². The number of phosphoric ester groups is 1. The smallest absolute Gasteiger partial charge is 0.302 e. The highest BCUT2D eigenvalue weighted by atomic mass is 31.3. The van der Waals surface area contributed by atoms with Crippen molar-refractivity contribution in [1.82, 2.24) is 0 Å². The first-order chi connectivity index (χ1) is 13.2. The lowest BCUT2D eigenvalue weighted by Crippen LogP contribution is -2.49. The van der Waals surface area contributed by atoms with Gasteiger partial charge in [0, 0.05) is 0 Å². The van der Waals surface area contributed by atoms with Gasteiger partial charge in [-0.1, -0.05) is 51.0 Å². The quantitative estimate of drug-likeness (QED) is 0.319. The van der Waals surface area contributed by atoms with Crippen LogP contribution < -0.4 is 0 Å². The third-order valence-electron chi connectivity index (χ3n) is 7.03. The summed E-state index contributed by atoms with van der Waals surface area (Å²) in [5.74, 6) is 1.14. The van der Waals surface area contributed by atoms with Crippen LogP contribution in [-0.2, 0) is 18.0 Å². The second-order valence-electron chi connectivity index (χ2n) is 9.58. The van der Waals surface area contributed by atoms with E-state index in [0.717, 1.165) is 24.8 Å². The maximum Gasteiger partial charge on any atom is 0.481 e. The first-order valence-electron chi connectivity index (χ1n) is 10.2. The molecule has 1 unspecified atom stereocenters. The second kappa shape index (κ2) is 9.08. The van der Waals surface area contributed by atoms with Crippen LogP contribution in [0.25, 0.3) is 0 Å². The van der Waals surface area contributed by atoms with E-state index in [9.17, 15) is 14.0 Å². The molecular weight excluding hydrogens is 414 g/mol. The Kier molecular flexibility index (Phi) is 7.83. The molecule has 0 spiro atoms. The Bertz CT molecular complexity index is 739. The van der Waals surface area contributed by atoms with Crippen molar-refractivity contribution >= 4 is 15.6 Å². The number of fused-ring (bicyclic) bond motifs is 1. The Labute approximate surface area is 174 Å². The van der Waals surface area contributed by atoms with Gasteiger partial charge >= 0.3 is 15.6 Å². The molecule has 2 saturated carbocycles. The maximum absolute atomic E-state index is 11.5. The zero-order valence-corrected chi connectivity index (χ0v) is 19.8. The zero-order chi connectivity index (χ0) is 22.1. The molecule has 0 saturated heterocycles. The van der Waals surface area contributed by atoms with E-state index in [1.807, 2.05) is 6.92 Å². The first-order valence-corrected chi connectivity index (χ1v) is 13.3. The van der Waals surface area contributed by atoms with Crippen molar-refractivity contribution in [1.29, 1.82) is 0 Å². The Hall–Kier alpha value is -0.260. The molecular formula is C20H36O7P2. The number of hydrogen-bond donors (Lipinski definition) is 3. The van der Waals surface area contributed by atoms with E-state index < -0.39 is 15.6 Å². The van der Waals surface area contributed by atoms with Crippen molar-refractivity contribution in [3.8, 4) is 0 Å². The van der Waals surface area contributed by atoms with Crippen LogP contribution in [-0.4, -0.2) is 21.3 Å². The van der Waals surface area contributed by atoms with Gasteiger partial charge in [0.2, 0.25) is 0 Å². The van der Waals surface area contributed by atoms with E-state index in [1.54, 1.807) is 6.08 Å². The van der Waals surface area contributed by atoms with Gasteiger partial charge in [-0.3, -0.25) is 4.52 Å². The Morgan fingerprint density at radius 3 is 2.52 bits per heavy atom. The molecule has 0 heterocycles. The summed E-state index contributed by atoms with van der Waals surface area (Å²) in [7, 11) is -9.88. The van der Waals surface area contributed by atoms with Gasteiger partial charge in [0.05, 0.1) is 6.61 Å². The SMILES string of the molecule is C=C1CC[C@@H]2C(C)(C)CCC[C@@]2(C)[C@@H]1CC/C(C)=C/COP(=O)(O)OP(=O)(O)O. The van der Waals surface area contributed by atoms with E-state index >= 15 is 0 Å². The average molecular weight is 450 g/mol. The number of allylic oxidation sites excluding steroid dienone is 2. The lowest BCUT2D eigenvalue weighted by Gasteiger charge is -2.58. The molecule has 9 heteroatoms. The summed E-state index contributed by atoms with van der Waals surface area (Å²) in [6.45, 7) is 13.3. The molecule has 2 rings (SSSR count). The molecule has 0 aromatic rings. The summed E-state index contributed by atoms with van der Waals surface area (Å²) in [6, 6.07) is 0. The second-order valence-corrected chi connectivity index (χ2v) is 12.4. The predicted molar refractivity (Wildman–Crippen MR) is 113 cm³/mol. The maximum atomic E-state index is 11.5. The van der Waals surface area contributed by atoms with Gasteiger partial charge in [0.15, 0.2) is 0 Å². The van der Waals surface area contributed by atoms with Crippen LogP contribution in [0.3, 0.4) is 0 Å². The van der Waals surface area contributed by atoms with Crippen molar-refractivity contribution < 1.29 is 32.6 Å². The van der Waals surface area contributed by atoms with Gasteiger partial charge in [-0.15, -0.1) is 0 Å². The zero-order valence-electron chi connectivity index (χ0n) is 18.0. The van der Waals surface area contributed by atoms with E-state index in [1.165, 1.54) is 31.3 Å². The molecule has 0 bridgehead atoms. The van der Waals surface area contributed by atoms with E-state index in [0.29, 0.717) is 17.3 Å².